The van der Waals surface area contributed by atoms with Crippen LogP contribution in [-0.4, -0.2) is 17.1 Å². The van der Waals surface area contributed by atoms with Crippen LogP contribution in [0.5, 0.6) is 0 Å². The molecule has 0 fully saturated rings. The van der Waals surface area contributed by atoms with Gasteiger partial charge in [-0.15, -0.1) is 13.2 Å². The SMILES string of the molecule is C=CCC(CCCC)OP(O)(=S)OC(CC=C)CCCC.[Zn]. The molecular weight excluding hydrogens is 369 g/mol. The van der Waals surface area contributed by atoms with E-state index in [-0.39, 0.29) is 31.7 Å². The number of unbranched alkanes of at least 4 members (excludes halogenated alkanes) is 2. The third kappa shape index (κ3) is 13.1. The van der Waals surface area contributed by atoms with E-state index in [1.165, 1.54) is 0 Å². The summed E-state index contributed by atoms with van der Waals surface area (Å²) in [7, 11) is 0. The molecule has 0 aromatic rings. The van der Waals surface area contributed by atoms with E-state index in [0.717, 1.165) is 38.5 Å². The van der Waals surface area contributed by atoms with Crippen molar-refractivity contribution in [2.45, 2.75) is 77.4 Å². The molecule has 22 heavy (non-hydrogen) atoms. The fraction of sp³-hybridized carbons (Fsp3) is 0.750. The van der Waals surface area contributed by atoms with Gasteiger partial charge in [0, 0.05) is 19.5 Å². The first-order chi connectivity index (χ1) is 9.99. The summed E-state index contributed by atoms with van der Waals surface area (Å²) < 4.78 is 11.4. The Kier molecular flexibility index (Phi) is 17.2. The Bertz CT molecular complexity index is 311. The molecule has 0 saturated carbocycles. The maximum absolute atomic E-state index is 10.3. The third-order valence-electron chi connectivity index (χ3n) is 3.18. The summed E-state index contributed by atoms with van der Waals surface area (Å²) in [6.45, 7) is 8.51. The second kappa shape index (κ2) is 15.2. The summed E-state index contributed by atoms with van der Waals surface area (Å²) >= 11 is 5.18. The average molecular weight is 400 g/mol. The van der Waals surface area contributed by atoms with Crippen molar-refractivity contribution in [1.82, 2.24) is 0 Å². The van der Waals surface area contributed by atoms with Gasteiger partial charge in [0.25, 0.3) is 0 Å². The van der Waals surface area contributed by atoms with Crippen LogP contribution in [-0.2, 0) is 40.3 Å². The zero-order valence-electron chi connectivity index (χ0n) is 14.2. The van der Waals surface area contributed by atoms with Crippen molar-refractivity contribution >= 4 is 18.5 Å². The van der Waals surface area contributed by atoms with E-state index in [1.807, 2.05) is 0 Å². The second-order valence-corrected chi connectivity index (χ2v) is 8.00. The molecular formula is C16H31O3PSZn. The van der Waals surface area contributed by atoms with Crippen molar-refractivity contribution in [2.75, 3.05) is 0 Å². The molecule has 126 valence electrons. The van der Waals surface area contributed by atoms with Gasteiger partial charge in [0.1, 0.15) is 0 Å². The third-order valence-corrected chi connectivity index (χ3v) is 4.83. The summed E-state index contributed by atoms with van der Waals surface area (Å²) in [6, 6.07) is 0. The van der Waals surface area contributed by atoms with Gasteiger partial charge >= 0.3 is 6.72 Å². The molecule has 1 N–H and O–H groups in total. The van der Waals surface area contributed by atoms with Gasteiger partial charge in [0.15, 0.2) is 0 Å². The molecule has 2 unspecified atom stereocenters. The molecule has 0 spiro atoms. The summed E-state index contributed by atoms with van der Waals surface area (Å²) in [6.07, 6.45) is 10.7. The van der Waals surface area contributed by atoms with E-state index >= 15 is 0 Å². The molecule has 0 aromatic heterocycles. The van der Waals surface area contributed by atoms with E-state index in [0.29, 0.717) is 12.8 Å². The first kappa shape index (κ1) is 24.9. The van der Waals surface area contributed by atoms with Gasteiger partial charge in [-0.05, 0) is 37.5 Å². The van der Waals surface area contributed by atoms with Gasteiger partial charge < -0.3 is 13.9 Å². The smallest absolute Gasteiger partial charge is 0.324 e. The predicted octanol–water partition coefficient (Wildman–Crippen LogP) is 5.50. The second-order valence-electron chi connectivity index (χ2n) is 5.26. The minimum Gasteiger partial charge on any atom is -0.324 e. The van der Waals surface area contributed by atoms with Gasteiger partial charge in [0.05, 0.1) is 12.2 Å². The Morgan fingerprint density at radius 3 is 1.64 bits per heavy atom. The Morgan fingerprint density at radius 1 is 1.00 bits per heavy atom. The topological polar surface area (TPSA) is 38.7 Å². The molecule has 0 rings (SSSR count). The Hall–Kier alpha value is 0.633. The van der Waals surface area contributed by atoms with Crippen molar-refractivity contribution < 1.29 is 33.4 Å². The molecule has 0 aliphatic carbocycles. The van der Waals surface area contributed by atoms with E-state index < -0.39 is 6.72 Å². The van der Waals surface area contributed by atoms with Gasteiger partial charge in [-0.3, -0.25) is 0 Å². The van der Waals surface area contributed by atoms with E-state index in [1.54, 1.807) is 12.2 Å². The van der Waals surface area contributed by atoms with Crippen molar-refractivity contribution in [1.29, 1.82) is 0 Å². The Labute approximate surface area is 154 Å². The summed E-state index contributed by atoms with van der Waals surface area (Å²) in [4.78, 5) is 10.3. The summed E-state index contributed by atoms with van der Waals surface area (Å²) in [5, 5.41) is 0. The first-order valence-corrected chi connectivity index (χ1v) is 10.5. The van der Waals surface area contributed by atoms with Crippen LogP contribution in [0.15, 0.2) is 25.3 Å². The zero-order valence-corrected chi connectivity index (χ0v) is 18.9. The van der Waals surface area contributed by atoms with Gasteiger partial charge in [-0.2, -0.15) is 0 Å². The van der Waals surface area contributed by atoms with Crippen molar-refractivity contribution in [3.63, 3.8) is 0 Å². The average Bonchev–Trinajstić information content (AvgIpc) is 2.42. The van der Waals surface area contributed by atoms with Crippen LogP contribution < -0.4 is 0 Å². The van der Waals surface area contributed by atoms with E-state index in [4.69, 9.17) is 20.9 Å². The molecule has 0 heterocycles. The summed E-state index contributed by atoms with van der Waals surface area (Å²) in [5.74, 6) is 0. The molecule has 0 aliphatic heterocycles. The number of rotatable bonds is 14. The van der Waals surface area contributed by atoms with Crippen LogP contribution in [0, 0.1) is 0 Å². The maximum atomic E-state index is 10.3. The normalized spacial score (nSPS) is 16.1. The van der Waals surface area contributed by atoms with Crippen LogP contribution in [0.25, 0.3) is 0 Å². The summed E-state index contributed by atoms with van der Waals surface area (Å²) in [5.41, 5.74) is 0. The van der Waals surface area contributed by atoms with Gasteiger partial charge in [-0.25, -0.2) is 0 Å². The molecule has 0 aromatic carbocycles. The fourth-order valence-corrected chi connectivity index (χ4v) is 3.98. The first-order valence-electron chi connectivity index (χ1n) is 7.90. The predicted molar refractivity (Wildman–Crippen MR) is 94.9 cm³/mol. The van der Waals surface area contributed by atoms with Crippen LogP contribution >= 0.6 is 6.72 Å². The zero-order chi connectivity index (χ0) is 16.1. The van der Waals surface area contributed by atoms with Gasteiger partial charge in [0.2, 0.25) is 0 Å². The van der Waals surface area contributed by atoms with Gasteiger partial charge in [-0.1, -0.05) is 51.7 Å². The Balaban J connectivity index is 0. The van der Waals surface area contributed by atoms with Crippen LogP contribution in [0.1, 0.15) is 65.2 Å². The van der Waals surface area contributed by atoms with Crippen LogP contribution in [0.3, 0.4) is 0 Å². The molecule has 2 atom stereocenters. The van der Waals surface area contributed by atoms with E-state index in [9.17, 15) is 4.89 Å². The molecule has 3 nitrogen and oxygen atoms in total. The number of hydrogen-bond donors (Lipinski definition) is 1. The largest absolute Gasteiger partial charge is 0.325 e. The molecule has 0 amide bonds. The van der Waals surface area contributed by atoms with Crippen LogP contribution in [0.4, 0.5) is 0 Å². The van der Waals surface area contributed by atoms with Crippen LogP contribution in [0.2, 0.25) is 0 Å². The van der Waals surface area contributed by atoms with Crippen molar-refractivity contribution in [2.24, 2.45) is 0 Å². The Morgan fingerprint density at radius 2 is 1.36 bits per heavy atom. The molecule has 6 heteroatoms. The molecule has 0 radical (unpaired) electrons. The van der Waals surface area contributed by atoms with Crippen molar-refractivity contribution in [3.05, 3.63) is 25.3 Å². The maximum Gasteiger partial charge on any atom is 0.325 e. The molecule has 0 aliphatic rings. The monoisotopic (exact) mass is 398 g/mol. The standard InChI is InChI=1S/C16H31O3PS.Zn/c1-5-9-13-15(11-7-3)18-20(17,21)19-16(12-8-4)14-10-6-2;/h7-8,15-16H,3-6,9-14H2,1-2H3,(H,17,21);. The van der Waals surface area contributed by atoms with E-state index in [2.05, 4.69) is 27.0 Å². The minimum absolute atomic E-state index is 0. The minimum atomic E-state index is -3.21. The molecule has 0 saturated heterocycles. The number of hydrogen-bond acceptors (Lipinski definition) is 3. The quantitative estimate of drug-likeness (QED) is 0.238. The molecule has 0 bridgehead atoms. The fourth-order valence-electron chi connectivity index (χ4n) is 2.06. The van der Waals surface area contributed by atoms with Crippen molar-refractivity contribution in [3.8, 4) is 0 Å².